The molecular weight excluding hydrogens is 1030 g/mol. The van der Waals surface area contributed by atoms with Gasteiger partial charge in [-0.2, -0.15) is 30.5 Å². The number of pyridine rings is 1. The lowest BCUT2D eigenvalue weighted by Gasteiger charge is -2.11. The average Bonchev–Trinajstić information content (AvgIpc) is 3.91. The van der Waals surface area contributed by atoms with Crippen LogP contribution in [0.4, 0.5) is 33.6 Å². The summed E-state index contributed by atoms with van der Waals surface area (Å²) in [5.41, 5.74) is 2.88. The fraction of sp³-hybridized carbons (Fsp3) is 0.163. The highest BCUT2D eigenvalue weighted by atomic mass is 35.5. The van der Waals surface area contributed by atoms with Crippen LogP contribution in [0.3, 0.4) is 0 Å². The Hall–Kier alpha value is -6.54. The van der Waals surface area contributed by atoms with E-state index in [1.54, 1.807) is 50.2 Å². The zero-order chi connectivity index (χ0) is 50.3. The Kier molecular flexibility index (Phi) is 14.0. The molecular formula is C43H33ClN10O11S5. The Bertz CT molecular complexity index is 3950. The molecule has 4 N–H and O–H groups in total. The molecule has 8 rings (SSSR count). The SMILES string of the molecule is [CH]CCOc1cc(N=Nc2c(C)c(C#N)c3nc4ccccc4n3c2O)c(Cl)cc1N=Nc1cc(C)c(N=Nc2nc3c(S(=O)(=O)O)cc4ccc(S(=O)(=O)O)cc4c3s2)cc1SCCCS(=O)(=O)O. The fourth-order valence-electron chi connectivity index (χ4n) is 7.01. The molecule has 21 nitrogen and oxygen atoms in total. The topological polar surface area (TPSA) is 321 Å². The first kappa shape index (κ1) is 49.9. The number of benzene rings is 5. The second-order valence-electron chi connectivity index (χ2n) is 15.0. The van der Waals surface area contributed by atoms with E-state index in [0.29, 0.717) is 27.1 Å². The Labute approximate surface area is 411 Å². The van der Waals surface area contributed by atoms with E-state index in [9.17, 15) is 49.3 Å². The van der Waals surface area contributed by atoms with Gasteiger partial charge in [-0.3, -0.25) is 18.1 Å². The highest BCUT2D eigenvalue weighted by Gasteiger charge is 2.24. The summed E-state index contributed by atoms with van der Waals surface area (Å²) in [5, 5.41) is 47.9. The number of aromatic nitrogens is 3. The molecule has 0 atom stereocenters. The summed E-state index contributed by atoms with van der Waals surface area (Å²) in [7, 11) is -13.8. The number of nitrogens with zero attached hydrogens (tertiary/aromatic N) is 10. The molecule has 0 aliphatic rings. The third-order valence-corrected chi connectivity index (χ3v) is 15.2. The smallest absolute Gasteiger partial charge is 0.296 e. The molecule has 70 heavy (non-hydrogen) atoms. The number of hydrogen-bond acceptors (Lipinski definition) is 19. The number of aryl methyl sites for hydroxylation is 1. The standard InChI is InChI=1S/C43H33ClN10O11S5/c1-4-12-65-35-19-31(49-52-38-23(3)27(21-45)41-46-29-8-5-6-9-34(29)54(41)42(38)55)28(44)18-32(35)50-51-33-15-22(2)30(20-36(33)66-13-7-14-68(56,57)58)48-53-43-47-39-37(70(62,63)64)16-24-10-11-25(69(59,60)61)17-26(24)40(39)67-43/h1,5-6,8-11,15-20,55H,4,7,12-14H2,2-3H3,(H,56,57,58)(H,59,60,61)(H,62,63,64). The molecule has 358 valence electrons. The van der Waals surface area contributed by atoms with Crippen LogP contribution in [0, 0.1) is 32.1 Å². The molecule has 0 unspecified atom stereocenters. The fourth-order valence-corrected chi connectivity index (χ4v) is 11.0. The van der Waals surface area contributed by atoms with Crippen LogP contribution >= 0.6 is 34.7 Å². The normalized spacial score (nSPS) is 12.8. The number of hydrogen-bond donors (Lipinski definition) is 4. The Morgan fingerprint density at radius 2 is 1.59 bits per heavy atom. The van der Waals surface area contributed by atoms with Gasteiger partial charge in [-0.15, -0.1) is 42.4 Å². The van der Waals surface area contributed by atoms with E-state index in [1.165, 1.54) is 22.6 Å². The largest absolute Gasteiger partial charge is 0.493 e. The summed E-state index contributed by atoms with van der Waals surface area (Å²) in [5.74, 6) is -0.501. The second-order valence-corrected chi connectivity index (χ2v) is 21.9. The van der Waals surface area contributed by atoms with Crippen LogP contribution in [0.25, 0.3) is 37.7 Å². The summed E-state index contributed by atoms with van der Waals surface area (Å²) in [4.78, 5) is 8.19. The summed E-state index contributed by atoms with van der Waals surface area (Å²) >= 11 is 8.72. The van der Waals surface area contributed by atoms with Crippen molar-refractivity contribution in [2.45, 2.75) is 41.4 Å². The van der Waals surface area contributed by atoms with Crippen molar-refractivity contribution in [2.75, 3.05) is 18.1 Å². The van der Waals surface area contributed by atoms with Crippen LogP contribution < -0.4 is 4.74 Å². The number of imidazole rings is 1. The first-order valence-electron chi connectivity index (χ1n) is 20.1. The number of thiazole rings is 1. The first-order chi connectivity index (χ1) is 33.1. The van der Waals surface area contributed by atoms with Gasteiger partial charge in [0.2, 0.25) is 11.0 Å². The van der Waals surface area contributed by atoms with E-state index < -0.39 is 45.9 Å². The highest BCUT2D eigenvalue weighted by molar-refractivity contribution is 7.99. The predicted molar refractivity (Wildman–Crippen MR) is 262 cm³/mol. The van der Waals surface area contributed by atoms with Crippen molar-refractivity contribution in [1.82, 2.24) is 14.4 Å². The number of fused-ring (bicyclic) bond motifs is 6. The number of rotatable bonds is 16. The summed E-state index contributed by atoms with van der Waals surface area (Å²) < 4.78 is 108. The summed E-state index contributed by atoms with van der Waals surface area (Å²) in [6.45, 7) is 9.09. The summed E-state index contributed by atoms with van der Waals surface area (Å²) in [6, 6.07) is 19.8. The van der Waals surface area contributed by atoms with Crippen LogP contribution in [0.1, 0.15) is 29.5 Å². The van der Waals surface area contributed by atoms with Crippen molar-refractivity contribution in [3.05, 3.63) is 101 Å². The van der Waals surface area contributed by atoms with E-state index in [-0.39, 0.29) is 108 Å². The van der Waals surface area contributed by atoms with Gasteiger partial charge in [-0.1, -0.05) is 41.1 Å². The van der Waals surface area contributed by atoms with Crippen molar-refractivity contribution < 1.29 is 48.8 Å². The van der Waals surface area contributed by atoms with Gasteiger partial charge in [0.05, 0.1) is 49.4 Å². The van der Waals surface area contributed by atoms with E-state index in [1.807, 2.05) is 0 Å². The molecule has 0 saturated carbocycles. The van der Waals surface area contributed by atoms with Gasteiger partial charge in [-0.05, 0) is 98.8 Å². The van der Waals surface area contributed by atoms with E-state index in [2.05, 4.69) is 46.7 Å². The van der Waals surface area contributed by atoms with Crippen molar-refractivity contribution in [3.63, 3.8) is 0 Å². The second kappa shape index (κ2) is 19.7. The van der Waals surface area contributed by atoms with Crippen LogP contribution in [-0.2, 0) is 30.4 Å². The van der Waals surface area contributed by atoms with E-state index in [0.717, 1.165) is 41.3 Å². The van der Waals surface area contributed by atoms with Crippen LogP contribution in [-0.4, -0.2) is 76.5 Å². The number of nitriles is 1. The van der Waals surface area contributed by atoms with Gasteiger partial charge in [0.15, 0.2) is 11.3 Å². The summed E-state index contributed by atoms with van der Waals surface area (Å²) in [6.07, 6.45) is 0.160. The minimum absolute atomic E-state index is 0.00622. The maximum Gasteiger partial charge on any atom is 0.296 e. The van der Waals surface area contributed by atoms with Crippen molar-refractivity contribution in [3.8, 4) is 17.7 Å². The lowest BCUT2D eigenvalue weighted by Crippen LogP contribution is -2.04. The number of para-hydroxylation sites is 2. The zero-order valence-electron chi connectivity index (χ0n) is 36.1. The molecule has 5 aromatic carbocycles. The molecule has 27 heteroatoms. The maximum absolute atomic E-state index is 12.4. The third-order valence-electron chi connectivity index (χ3n) is 10.3. The van der Waals surface area contributed by atoms with Crippen LogP contribution in [0.2, 0.25) is 5.02 Å². The van der Waals surface area contributed by atoms with Crippen LogP contribution in [0.5, 0.6) is 11.6 Å². The van der Waals surface area contributed by atoms with Gasteiger partial charge in [-0.25, -0.2) is 9.97 Å². The van der Waals surface area contributed by atoms with Crippen LogP contribution in [0.15, 0.2) is 118 Å². The minimum atomic E-state index is -4.84. The highest BCUT2D eigenvalue weighted by Crippen LogP contribution is 2.45. The van der Waals surface area contributed by atoms with Gasteiger partial charge in [0, 0.05) is 21.9 Å². The third kappa shape index (κ3) is 10.5. The molecule has 0 aliphatic carbocycles. The quantitative estimate of drug-likeness (QED) is 0.0302. The monoisotopic (exact) mass is 1060 g/mol. The Morgan fingerprint density at radius 3 is 2.30 bits per heavy atom. The van der Waals surface area contributed by atoms with Gasteiger partial charge in [0.25, 0.3) is 30.4 Å². The first-order valence-corrected chi connectivity index (χ1v) is 26.8. The number of aromatic hydroxyl groups is 1. The lowest BCUT2D eigenvalue weighted by atomic mass is 10.1. The van der Waals surface area contributed by atoms with Crippen molar-refractivity contribution >= 4 is 136 Å². The van der Waals surface area contributed by atoms with Gasteiger partial charge in [0.1, 0.15) is 39.2 Å². The van der Waals surface area contributed by atoms with Crippen molar-refractivity contribution in [1.29, 1.82) is 5.26 Å². The number of thioether (sulfide) groups is 1. The molecule has 0 bridgehead atoms. The molecule has 0 fully saturated rings. The Morgan fingerprint density at radius 1 is 0.857 bits per heavy atom. The number of halogens is 1. The molecule has 0 aliphatic heterocycles. The average molecular weight is 1060 g/mol. The molecule has 0 saturated heterocycles. The lowest BCUT2D eigenvalue weighted by molar-refractivity contribution is 0.325. The van der Waals surface area contributed by atoms with Gasteiger partial charge < -0.3 is 9.84 Å². The Balaban J connectivity index is 1.15. The molecule has 2 radical (unpaired) electrons. The zero-order valence-corrected chi connectivity index (χ0v) is 40.9. The number of ether oxygens (including phenoxy) is 1. The van der Waals surface area contributed by atoms with Crippen molar-refractivity contribution in [2.24, 2.45) is 30.7 Å². The predicted octanol–water partition coefficient (Wildman–Crippen LogP) is 11.7. The molecule has 0 amide bonds. The molecule has 8 aromatic rings. The number of azo groups is 3. The van der Waals surface area contributed by atoms with E-state index in [4.69, 9.17) is 23.3 Å². The van der Waals surface area contributed by atoms with E-state index >= 15 is 0 Å². The maximum atomic E-state index is 12.4. The molecule has 3 heterocycles. The van der Waals surface area contributed by atoms with Gasteiger partial charge >= 0.3 is 0 Å². The minimum Gasteiger partial charge on any atom is -0.493 e. The molecule has 0 spiro atoms. The molecule has 3 aromatic heterocycles.